The normalized spacial score (nSPS) is 15.0. The van der Waals surface area contributed by atoms with Crippen molar-refractivity contribution in [3.05, 3.63) is 35.4 Å². The van der Waals surface area contributed by atoms with Gasteiger partial charge in [-0.3, -0.25) is 4.90 Å². The summed E-state index contributed by atoms with van der Waals surface area (Å²) in [5.74, 6) is 1.25. The van der Waals surface area contributed by atoms with Gasteiger partial charge in [-0.25, -0.2) is 0 Å². The molecule has 0 aliphatic heterocycles. The molecule has 0 aliphatic carbocycles. The van der Waals surface area contributed by atoms with Crippen molar-refractivity contribution < 1.29 is 0 Å². The Morgan fingerprint density at radius 1 is 0.952 bits per heavy atom. The summed E-state index contributed by atoms with van der Waals surface area (Å²) in [5.41, 5.74) is 2.82. The zero-order valence-electron chi connectivity index (χ0n) is 15.0. The maximum absolute atomic E-state index is 3.51. The minimum atomic E-state index is 0.554. The van der Waals surface area contributed by atoms with Crippen molar-refractivity contribution in [2.75, 3.05) is 13.6 Å². The number of nitrogens with zero attached hydrogens (tertiary/aromatic N) is 1. The summed E-state index contributed by atoms with van der Waals surface area (Å²) < 4.78 is 0. The van der Waals surface area contributed by atoms with E-state index in [4.69, 9.17) is 0 Å². The largest absolute Gasteiger partial charge is 0.314 e. The Balaban J connectivity index is 2.57. The summed E-state index contributed by atoms with van der Waals surface area (Å²) in [4.78, 5) is 2.43. The van der Waals surface area contributed by atoms with Crippen molar-refractivity contribution in [2.24, 2.45) is 5.92 Å². The molecule has 1 aromatic rings. The Kier molecular flexibility index (Phi) is 7.41. The number of hydrogen-bond acceptors (Lipinski definition) is 2. The highest BCUT2D eigenvalue weighted by atomic mass is 15.1. The number of rotatable bonds is 8. The van der Waals surface area contributed by atoms with Gasteiger partial charge in [-0.1, -0.05) is 58.9 Å². The van der Waals surface area contributed by atoms with E-state index < -0.39 is 0 Å². The van der Waals surface area contributed by atoms with Crippen LogP contribution in [0.5, 0.6) is 0 Å². The minimum absolute atomic E-state index is 0.554. The van der Waals surface area contributed by atoms with Gasteiger partial charge >= 0.3 is 0 Å². The van der Waals surface area contributed by atoms with Crippen LogP contribution in [0.4, 0.5) is 0 Å². The highest BCUT2D eigenvalue weighted by Gasteiger charge is 2.13. The molecule has 0 aromatic heterocycles. The Bertz CT molecular complexity index is 395. The molecule has 0 amide bonds. The molecule has 0 aliphatic rings. The topological polar surface area (TPSA) is 15.3 Å². The van der Waals surface area contributed by atoms with Gasteiger partial charge in [-0.05, 0) is 36.9 Å². The molecule has 1 rings (SSSR count). The molecular weight excluding hydrogens is 256 g/mol. The average molecular weight is 290 g/mol. The van der Waals surface area contributed by atoms with Gasteiger partial charge in [0.1, 0.15) is 0 Å². The van der Waals surface area contributed by atoms with Crippen LogP contribution >= 0.6 is 0 Å². The molecule has 0 spiro atoms. The van der Waals surface area contributed by atoms with Crippen molar-refractivity contribution in [1.82, 2.24) is 10.2 Å². The van der Waals surface area contributed by atoms with E-state index in [1.54, 1.807) is 0 Å². The van der Waals surface area contributed by atoms with E-state index in [-0.39, 0.29) is 0 Å². The highest BCUT2D eigenvalue weighted by molar-refractivity contribution is 5.25. The van der Waals surface area contributed by atoms with Crippen molar-refractivity contribution in [1.29, 1.82) is 0 Å². The molecule has 2 heteroatoms. The monoisotopic (exact) mass is 290 g/mol. The average Bonchev–Trinajstić information content (AvgIpc) is 2.44. The summed E-state index contributed by atoms with van der Waals surface area (Å²) in [6, 6.07) is 10.3. The maximum atomic E-state index is 3.51. The lowest BCUT2D eigenvalue weighted by molar-refractivity contribution is 0.200. The molecule has 21 heavy (non-hydrogen) atoms. The van der Waals surface area contributed by atoms with Gasteiger partial charge in [0, 0.05) is 25.2 Å². The molecule has 0 heterocycles. The second kappa shape index (κ2) is 8.55. The lowest BCUT2D eigenvalue weighted by atomic mass is 9.99. The highest BCUT2D eigenvalue weighted by Crippen LogP contribution is 2.17. The maximum Gasteiger partial charge on any atom is 0.0233 e. The molecule has 0 saturated carbocycles. The van der Waals surface area contributed by atoms with E-state index in [2.05, 4.69) is 83.1 Å². The Hall–Kier alpha value is -0.860. The van der Waals surface area contributed by atoms with Crippen molar-refractivity contribution >= 4 is 0 Å². The predicted octanol–water partition coefficient (Wildman–Crippen LogP) is 4.26. The van der Waals surface area contributed by atoms with E-state index in [1.165, 1.54) is 11.1 Å². The van der Waals surface area contributed by atoms with Gasteiger partial charge < -0.3 is 5.32 Å². The van der Waals surface area contributed by atoms with Gasteiger partial charge in [-0.2, -0.15) is 0 Å². The first kappa shape index (κ1) is 18.2. The molecule has 1 aromatic carbocycles. The van der Waals surface area contributed by atoms with Gasteiger partial charge in [0.05, 0.1) is 0 Å². The summed E-state index contributed by atoms with van der Waals surface area (Å²) in [6.45, 7) is 15.6. The van der Waals surface area contributed by atoms with Crippen LogP contribution in [0, 0.1) is 5.92 Å². The molecule has 120 valence electrons. The molecule has 2 atom stereocenters. The second-order valence-corrected chi connectivity index (χ2v) is 7.11. The number of nitrogens with one attached hydrogen (secondary N) is 1. The molecule has 2 nitrogen and oxygen atoms in total. The van der Waals surface area contributed by atoms with Gasteiger partial charge in [0.15, 0.2) is 0 Å². The SMILES string of the molecule is CC(C)NCC(C)c1ccc(CN(C)C(C)C(C)C)cc1. The van der Waals surface area contributed by atoms with E-state index >= 15 is 0 Å². The van der Waals surface area contributed by atoms with Crippen LogP contribution in [0.2, 0.25) is 0 Å². The first-order valence-electron chi connectivity index (χ1n) is 8.33. The first-order chi connectivity index (χ1) is 9.81. The van der Waals surface area contributed by atoms with Crippen molar-refractivity contribution in [2.45, 2.75) is 66.1 Å². The molecule has 0 saturated heterocycles. The van der Waals surface area contributed by atoms with Crippen LogP contribution in [0.15, 0.2) is 24.3 Å². The first-order valence-corrected chi connectivity index (χ1v) is 8.33. The van der Waals surface area contributed by atoms with Gasteiger partial charge in [0.2, 0.25) is 0 Å². The summed E-state index contributed by atoms with van der Waals surface area (Å²) in [6.07, 6.45) is 0. The molecule has 2 unspecified atom stereocenters. The zero-order chi connectivity index (χ0) is 16.0. The second-order valence-electron chi connectivity index (χ2n) is 7.11. The molecular formula is C19H34N2. The molecule has 0 radical (unpaired) electrons. The van der Waals surface area contributed by atoms with Crippen LogP contribution in [0.3, 0.4) is 0 Å². The van der Waals surface area contributed by atoms with Crippen LogP contribution in [0.25, 0.3) is 0 Å². The van der Waals surface area contributed by atoms with E-state index in [0.29, 0.717) is 23.9 Å². The van der Waals surface area contributed by atoms with Crippen LogP contribution < -0.4 is 5.32 Å². The summed E-state index contributed by atoms with van der Waals surface area (Å²) in [5, 5.41) is 3.51. The molecule has 0 bridgehead atoms. The smallest absolute Gasteiger partial charge is 0.0233 e. The predicted molar refractivity (Wildman–Crippen MR) is 93.8 cm³/mol. The third kappa shape index (κ3) is 6.19. The fourth-order valence-corrected chi connectivity index (χ4v) is 2.42. The summed E-state index contributed by atoms with van der Waals surface area (Å²) >= 11 is 0. The third-order valence-electron chi connectivity index (χ3n) is 4.47. The number of hydrogen-bond donors (Lipinski definition) is 1. The fraction of sp³-hybridized carbons (Fsp3) is 0.684. The van der Waals surface area contributed by atoms with Crippen LogP contribution in [0.1, 0.15) is 58.6 Å². The number of benzene rings is 1. The fourth-order valence-electron chi connectivity index (χ4n) is 2.42. The molecule has 0 fully saturated rings. The van der Waals surface area contributed by atoms with Crippen LogP contribution in [-0.2, 0) is 6.54 Å². The Labute approximate surface area is 131 Å². The van der Waals surface area contributed by atoms with E-state index in [9.17, 15) is 0 Å². The summed E-state index contributed by atoms with van der Waals surface area (Å²) in [7, 11) is 2.22. The van der Waals surface area contributed by atoms with Gasteiger partial charge in [-0.15, -0.1) is 0 Å². The Morgan fingerprint density at radius 2 is 1.52 bits per heavy atom. The minimum Gasteiger partial charge on any atom is -0.314 e. The zero-order valence-corrected chi connectivity index (χ0v) is 15.0. The third-order valence-corrected chi connectivity index (χ3v) is 4.47. The Morgan fingerprint density at radius 3 is 2.00 bits per heavy atom. The van der Waals surface area contributed by atoms with Gasteiger partial charge in [0.25, 0.3) is 0 Å². The lowest BCUT2D eigenvalue weighted by Gasteiger charge is -2.28. The van der Waals surface area contributed by atoms with E-state index in [1.807, 2.05) is 0 Å². The van der Waals surface area contributed by atoms with Crippen LogP contribution in [-0.4, -0.2) is 30.6 Å². The standard InChI is InChI=1S/C19H34N2/c1-14(2)17(6)21(7)13-18-8-10-19(11-9-18)16(5)12-20-15(3)4/h8-11,14-17,20H,12-13H2,1-7H3. The quantitative estimate of drug-likeness (QED) is 0.769. The van der Waals surface area contributed by atoms with Crippen molar-refractivity contribution in [3.63, 3.8) is 0 Å². The van der Waals surface area contributed by atoms with Crippen molar-refractivity contribution in [3.8, 4) is 0 Å². The molecule has 1 N–H and O–H groups in total. The lowest BCUT2D eigenvalue weighted by Crippen LogP contribution is -2.32. The van der Waals surface area contributed by atoms with E-state index in [0.717, 1.165) is 13.1 Å².